The second-order valence-corrected chi connectivity index (χ2v) is 4.82. The minimum Gasteiger partial charge on any atom is -0.479 e. The molecule has 1 unspecified atom stereocenters. The van der Waals surface area contributed by atoms with Crippen molar-refractivity contribution in [3.63, 3.8) is 0 Å². The molecular weight excluding hydrogens is 240 g/mol. The molecule has 2 rings (SSSR count). The fraction of sp³-hybridized carbons (Fsp3) is 0.467. The van der Waals surface area contributed by atoms with Crippen LogP contribution < -0.4 is 9.64 Å². The number of nitriles is 1. The molecular formula is C15H18N2O2. The molecule has 0 saturated carbocycles. The van der Waals surface area contributed by atoms with Crippen LogP contribution in [0, 0.1) is 11.3 Å². The maximum absolute atomic E-state index is 11.9. The van der Waals surface area contributed by atoms with Crippen LogP contribution in [0.5, 0.6) is 5.75 Å². The molecule has 0 aromatic heterocycles. The normalized spacial score (nSPS) is 17.6. The molecule has 4 heteroatoms. The maximum atomic E-state index is 11.9. The van der Waals surface area contributed by atoms with Crippen molar-refractivity contribution in [2.45, 2.75) is 38.7 Å². The van der Waals surface area contributed by atoms with Crippen LogP contribution in [-0.2, 0) is 11.2 Å². The summed E-state index contributed by atoms with van der Waals surface area (Å²) in [6.07, 6.45) is 3.01. The van der Waals surface area contributed by atoms with E-state index in [1.807, 2.05) is 18.2 Å². The van der Waals surface area contributed by atoms with E-state index in [4.69, 9.17) is 10.00 Å². The number of amides is 1. The van der Waals surface area contributed by atoms with Gasteiger partial charge in [-0.15, -0.1) is 0 Å². The summed E-state index contributed by atoms with van der Waals surface area (Å²) in [6, 6.07) is 8.11. The molecule has 1 amide bonds. The lowest BCUT2D eigenvalue weighted by atomic mass is 10.0. The SMILES string of the molecule is CC1Oc2ccc(CCCCC#N)cc2N(C)C1=O. The van der Waals surface area contributed by atoms with E-state index in [2.05, 4.69) is 6.07 Å². The first-order chi connectivity index (χ1) is 9.13. The monoisotopic (exact) mass is 258 g/mol. The quantitative estimate of drug-likeness (QED) is 0.780. The van der Waals surface area contributed by atoms with Crippen LogP contribution in [0.1, 0.15) is 31.7 Å². The zero-order valence-corrected chi connectivity index (χ0v) is 11.3. The van der Waals surface area contributed by atoms with Crippen molar-refractivity contribution in [1.29, 1.82) is 5.26 Å². The van der Waals surface area contributed by atoms with Crippen LogP contribution in [0.15, 0.2) is 18.2 Å². The Morgan fingerprint density at radius 3 is 2.95 bits per heavy atom. The highest BCUT2D eigenvalue weighted by Crippen LogP contribution is 2.34. The first kappa shape index (κ1) is 13.4. The highest BCUT2D eigenvalue weighted by molar-refractivity contribution is 5.99. The smallest absolute Gasteiger partial charge is 0.267 e. The molecule has 1 aliphatic rings. The van der Waals surface area contributed by atoms with E-state index in [-0.39, 0.29) is 5.91 Å². The molecule has 1 atom stereocenters. The van der Waals surface area contributed by atoms with Crippen molar-refractivity contribution in [2.24, 2.45) is 0 Å². The van der Waals surface area contributed by atoms with Crippen molar-refractivity contribution < 1.29 is 9.53 Å². The van der Waals surface area contributed by atoms with E-state index < -0.39 is 6.10 Å². The molecule has 1 aliphatic heterocycles. The number of likely N-dealkylation sites (N-methyl/N-ethyl adjacent to an activating group) is 1. The van der Waals surface area contributed by atoms with Crippen LogP contribution >= 0.6 is 0 Å². The summed E-state index contributed by atoms with van der Waals surface area (Å²) >= 11 is 0. The molecule has 0 radical (unpaired) electrons. The lowest BCUT2D eigenvalue weighted by Crippen LogP contribution is -2.42. The standard InChI is InChI=1S/C15H18N2O2/c1-11-15(18)17(2)13-10-12(6-4-3-5-9-16)7-8-14(13)19-11/h7-8,10-11H,3-6H2,1-2H3. The zero-order chi connectivity index (χ0) is 13.8. The van der Waals surface area contributed by atoms with Gasteiger partial charge >= 0.3 is 0 Å². The number of aryl methyl sites for hydroxylation is 1. The van der Waals surface area contributed by atoms with Gasteiger partial charge < -0.3 is 9.64 Å². The predicted molar refractivity (Wildman–Crippen MR) is 73.1 cm³/mol. The molecule has 100 valence electrons. The third-order valence-electron chi connectivity index (χ3n) is 3.37. The van der Waals surface area contributed by atoms with Crippen molar-refractivity contribution in [3.8, 4) is 11.8 Å². The third kappa shape index (κ3) is 2.87. The minimum absolute atomic E-state index is 0.0193. The summed E-state index contributed by atoms with van der Waals surface area (Å²) in [6.45, 7) is 1.76. The van der Waals surface area contributed by atoms with Gasteiger partial charge in [-0.25, -0.2) is 0 Å². The fourth-order valence-electron chi connectivity index (χ4n) is 2.25. The summed E-state index contributed by atoms with van der Waals surface area (Å²) in [5.41, 5.74) is 2.01. The average molecular weight is 258 g/mol. The Bertz CT molecular complexity index is 519. The van der Waals surface area contributed by atoms with Gasteiger partial charge in [-0.2, -0.15) is 5.26 Å². The van der Waals surface area contributed by atoms with Gasteiger partial charge in [-0.3, -0.25) is 4.79 Å². The number of fused-ring (bicyclic) bond motifs is 1. The number of ether oxygens (including phenoxy) is 1. The minimum atomic E-state index is -0.418. The molecule has 0 bridgehead atoms. The van der Waals surface area contributed by atoms with E-state index in [1.54, 1.807) is 18.9 Å². The highest BCUT2D eigenvalue weighted by atomic mass is 16.5. The highest BCUT2D eigenvalue weighted by Gasteiger charge is 2.28. The topological polar surface area (TPSA) is 53.3 Å². The van der Waals surface area contributed by atoms with Crippen molar-refractivity contribution in [3.05, 3.63) is 23.8 Å². The Balaban J connectivity index is 2.11. The van der Waals surface area contributed by atoms with Gasteiger partial charge in [0.15, 0.2) is 6.10 Å². The summed E-state index contributed by atoms with van der Waals surface area (Å²) in [5.74, 6) is 0.740. The lowest BCUT2D eigenvalue weighted by Gasteiger charge is -2.30. The summed E-state index contributed by atoms with van der Waals surface area (Å²) < 4.78 is 5.58. The maximum Gasteiger partial charge on any atom is 0.267 e. The van der Waals surface area contributed by atoms with Crippen LogP contribution in [0.25, 0.3) is 0 Å². The lowest BCUT2D eigenvalue weighted by molar-refractivity contribution is -0.125. The first-order valence-electron chi connectivity index (χ1n) is 6.57. The molecule has 0 aliphatic carbocycles. The van der Waals surface area contributed by atoms with Gasteiger partial charge in [0.05, 0.1) is 11.8 Å². The number of rotatable bonds is 4. The number of anilines is 1. The van der Waals surface area contributed by atoms with Crippen molar-refractivity contribution in [2.75, 3.05) is 11.9 Å². The van der Waals surface area contributed by atoms with Crippen LogP contribution in [0.3, 0.4) is 0 Å². The van der Waals surface area contributed by atoms with Crippen LogP contribution in [0.2, 0.25) is 0 Å². The van der Waals surface area contributed by atoms with Gasteiger partial charge in [0.1, 0.15) is 5.75 Å². The van der Waals surface area contributed by atoms with E-state index in [0.29, 0.717) is 6.42 Å². The van der Waals surface area contributed by atoms with Crippen LogP contribution in [-0.4, -0.2) is 19.1 Å². The fourth-order valence-corrected chi connectivity index (χ4v) is 2.25. The second kappa shape index (κ2) is 5.75. The third-order valence-corrected chi connectivity index (χ3v) is 3.37. The van der Waals surface area contributed by atoms with Gasteiger partial charge in [-0.1, -0.05) is 6.07 Å². The van der Waals surface area contributed by atoms with Gasteiger partial charge in [0, 0.05) is 13.5 Å². The first-order valence-corrected chi connectivity index (χ1v) is 6.57. The largest absolute Gasteiger partial charge is 0.479 e. The summed E-state index contributed by atoms with van der Waals surface area (Å²) in [5, 5.41) is 8.50. The molecule has 0 saturated heterocycles. The molecule has 1 heterocycles. The molecule has 1 aromatic rings. The number of benzene rings is 1. The number of hydrogen-bond acceptors (Lipinski definition) is 3. The van der Waals surface area contributed by atoms with Gasteiger partial charge in [0.25, 0.3) is 5.91 Å². The number of nitrogens with zero attached hydrogens (tertiary/aromatic N) is 2. The van der Waals surface area contributed by atoms with Crippen LogP contribution in [0.4, 0.5) is 5.69 Å². The Labute approximate surface area is 113 Å². The second-order valence-electron chi connectivity index (χ2n) is 4.82. The molecule has 1 aromatic carbocycles. The van der Waals surface area contributed by atoms with Crippen molar-refractivity contribution >= 4 is 11.6 Å². The van der Waals surface area contributed by atoms with Gasteiger partial charge in [0.2, 0.25) is 0 Å². The Morgan fingerprint density at radius 1 is 1.42 bits per heavy atom. The number of carbonyl (C=O) groups excluding carboxylic acids is 1. The number of carbonyl (C=O) groups is 1. The Kier molecular flexibility index (Phi) is 4.06. The average Bonchev–Trinajstić information content (AvgIpc) is 2.42. The predicted octanol–water partition coefficient (Wildman–Crippen LogP) is 2.67. The van der Waals surface area contributed by atoms with Crippen molar-refractivity contribution in [1.82, 2.24) is 0 Å². The Hall–Kier alpha value is -2.02. The van der Waals surface area contributed by atoms with E-state index in [9.17, 15) is 4.79 Å². The van der Waals surface area contributed by atoms with E-state index >= 15 is 0 Å². The molecule has 4 nitrogen and oxygen atoms in total. The number of unbranched alkanes of at least 4 members (excludes halogenated alkanes) is 2. The van der Waals surface area contributed by atoms with E-state index in [0.717, 1.165) is 30.7 Å². The molecule has 0 N–H and O–H groups in total. The summed E-state index contributed by atoms with van der Waals surface area (Å²) in [4.78, 5) is 13.5. The molecule has 0 fully saturated rings. The Morgan fingerprint density at radius 2 is 2.21 bits per heavy atom. The van der Waals surface area contributed by atoms with E-state index in [1.165, 1.54) is 5.56 Å². The zero-order valence-electron chi connectivity index (χ0n) is 11.3. The number of hydrogen-bond donors (Lipinski definition) is 0. The molecule has 0 spiro atoms. The molecule has 19 heavy (non-hydrogen) atoms. The summed E-state index contributed by atoms with van der Waals surface area (Å²) in [7, 11) is 1.78. The van der Waals surface area contributed by atoms with Gasteiger partial charge in [-0.05, 0) is 43.9 Å².